The summed E-state index contributed by atoms with van der Waals surface area (Å²) in [7, 11) is 0. The molecule has 0 atom stereocenters. The van der Waals surface area contributed by atoms with E-state index in [-0.39, 0.29) is 5.78 Å². The third-order valence-corrected chi connectivity index (χ3v) is 3.71. The third kappa shape index (κ3) is 3.98. The molecule has 0 bridgehead atoms. The number of Topliss-reactive ketones (excluding diaryl/α,β-unsaturated/α-hetero) is 1. The molecule has 0 amide bonds. The maximum absolute atomic E-state index is 11.7. The van der Waals surface area contributed by atoms with Crippen molar-refractivity contribution < 1.29 is 9.53 Å². The van der Waals surface area contributed by atoms with Crippen LogP contribution in [0.5, 0.6) is 5.75 Å². The fourth-order valence-electron chi connectivity index (χ4n) is 2.43. The summed E-state index contributed by atoms with van der Waals surface area (Å²) in [5.41, 5.74) is 5.76. The second-order valence-corrected chi connectivity index (χ2v) is 5.77. The molecular formula is C21H22O2. The minimum Gasteiger partial charge on any atom is -0.488 e. The Bertz CT molecular complexity index is 769. The maximum atomic E-state index is 11.7. The average Bonchev–Trinajstić information content (AvgIpc) is 2.52. The van der Waals surface area contributed by atoms with Gasteiger partial charge in [-0.3, -0.25) is 4.79 Å². The molecule has 0 unspecified atom stereocenters. The van der Waals surface area contributed by atoms with Crippen LogP contribution in [-0.4, -0.2) is 5.78 Å². The number of ketones is 1. The van der Waals surface area contributed by atoms with Crippen molar-refractivity contribution in [1.29, 1.82) is 0 Å². The van der Waals surface area contributed by atoms with Gasteiger partial charge in [0.2, 0.25) is 0 Å². The van der Waals surface area contributed by atoms with Crippen molar-refractivity contribution in [2.45, 2.75) is 27.4 Å². The summed E-state index contributed by atoms with van der Waals surface area (Å²) in [4.78, 5) is 11.7. The van der Waals surface area contributed by atoms with Gasteiger partial charge in [0.15, 0.2) is 5.78 Å². The number of carbonyl (C=O) groups excluding carboxylic acids is 1. The summed E-state index contributed by atoms with van der Waals surface area (Å²) in [6.45, 7) is 13.9. The fraction of sp³-hybridized carbons (Fsp3) is 0.190. The monoisotopic (exact) mass is 306 g/mol. The molecule has 2 heteroatoms. The van der Waals surface area contributed by atoms with Crippen LogP contribution >= 0.6 is 0 Å². The molecule has 0 aliphatic carbocycles. The highest BCUT2D eigenvalue weighted by Crippen LogP contribution is 2.25. The largest absolute Gasteiger partial charge is 0.488 e. The zero-order valence-electron chi connectivity index (χ0n) is 14.0. The number of benzene rings is 2. The van der Waals surface area contributed by atoms with Gasteiger partial charge < -0.3 is 4.74 Å². The van der Waals surface area contributed by atoms with E-state index < -0.39 is 0 Å². The van der Waals surface area contributed by atoms with Crippen molar-refractivity contribution in [2.24, 2.45) is 0 Å². The van der Waals surface area contributed by atoms with Gasteiger partial charge in [0.1, 0.15) is 12.4 Å². The van der Waals surface area contributed by atoms with Gasteiger partial charge in [0.25, 0.3) is 0 Å². The molecule has 0 aliphatic heterocycles. The molecular weight excluding hydrogens is 284 g/mol. The Hall–Kier alpha value is -2.61. The maximum Gasteiger partial charge on any atom is 0.163 e. The first-order chi connectivity index (χ1) is 10.9. The molecule has 0 radical (unpaired) electrons. The predicted molar refractivity (Wildman–Crippen MR) is 96.6 cm³/mol. The average molecular weight is 306 g/mol. The number of para-hydroxylation sites is 1. The van der Waals surface area contributed by atoms with Crippen LogP contribution < -0.4 is 4.74 Å². The lowest BCUT2D eigenvalue weighted by Crippen LogP contribution is -2.04. The zero-order chi connectivity index (χ0) is 17.0. The highest BCUT2D eigenvalue weighted by molar-refractivity contribution is 5.96. The Morgan fingerprint density at radius 2 is 1.65 bits per heavy atom. The summed E-state index contributed by atoms with van der Waals surface area (Å²) < 4.78 is 5.92. The van der Waals surface area contributed by atoms with Crippen LogP contribution in [0.25, 0.3) is 11.1 Å². The molecule has 0 aromatic heterocycles. The Balaban J connectivity index is 2.33. The van der Waals surface area contributed by atoms with Gasteiger partial charge in [-0.25, -0.2) is 0 Å². The van der Waals surface area contributed by atoms with Gasteiger partial charge in [-0.05, 0) is 55.7 Å². The van der Waals surface area contributed by atoms with Crippen LogP contribution in [0.2, 0.25) is 0 Å². The smallest absolute Gasteiger partial charge is 0.163 e. The molecule has 0 spiro atoms. The van der Waals surface area contributed by atoms with Crippen molar-refractivity contribution in [3.63, 3.8) is 0 Å². The second-order valence-electron chi connectivity index (χ2n) is 5.77. The van der Waals surface area contributed by atoms with Gasteiger partial charge in [-0.1, -0.05) is 48.6 Å². The Morgan fingerprint density at radius 1 is 0.957 bits per heavy atom. The van der Waals surface area contributed by atoms with Crippen LogP contribution in [0.3, 0.4) is 0 Å². The van der Waals surface area contributed by atoms with Crippen LogP contribution in [0.4, 0.5) is 0 Å². The quantitative estimate of drug-likeness (QED) is 0.655. The van der Waals surface area contributed by atoms with E-state index in [4.69, 9.17) is 4.74 Å². The molecule has 0 saturated carbocycles. The standard InChI is InChI=1S/C21H22O2/c1-14(2)17-10-11-19(15(3)4)18(12-17)13-23-21-9-7-6-8-20(21)16(5)22/h6-12H,1,3,13H2,2,4-5H3. The molecule has 2 aromatic carbocycles. The first kappa shape index (κ1) is 16.8. The zero-order valence-corrected chi connectivity index (χ0v) is 14.0. The van der Waals surface area contributed by atoms with E-state index in [1.807, 2.05) is 44.2 Å². The molecule has 118 valence electrons. The minimum atomic E-state index is -0.00332. The first-order valence-electron chi connectivity index (χ1n) is 7.57. The summed E-state index contributed by atoms with van der Waals surface area (Å²) >= 11 is 0. The van der Waals surface area contributed by atoms with Gasteiger partial charge in [-0.15, -0.1) is 0 Å². The molecule has 0 fully saturated rings. The van der Waals surface area contributed by atoms with E-state index in [1.54, 1.807) is 13.0 Å². The van der Waals surface area contributed by atoms with E-state index in [0.717, 1.165) is 27.8 Å². The van der Waals surface area contributed by atoms with E-state index in [1.165, 1.54) is 0 Å². The first-order valence-corrected chi connectivity index (χ1v) is 7.57. The number of hydrogen-bond acceptors (Lipinski definition) is 2. The highest BCUT2D eigenvalue weighted by atomic mass is 16.5. The SMILES string of the molecule is C=C(C)c1ccc(C(=C)C)c(COc2ccccc2C(C)=O)c1. The number of rotatable bonds is 6. The van der Waals surface area contributed by atoms with E-state index in [9.17, 15) is 4.79 Å². The summed E-state index contributed by atoms with van der Waals surface area (Å²) in [6, 6.07) is 13.5. The fourth-order valence-corrected chi connectivity index (χ4v) is 2.43. The van der Waals surface area contributed by atoms with Crippen molar-refractivity contribution in [2.75, 3.05) is 0 Å². The number of allylic oxidation sites excluding steroid dienone is 2. The molecule has 0 N–H and O–H groups in total. The molecule has 2 nitrogen and oxygen atoms in total. The lowest BCUT2D eigenvalue weighted by Gasteiger charge is -2.14. The molecule has 0 aliphatic rings. The van der Waals surface area contributed by atoms with Crippen LogP contribution in [0.15, 0.2) is 55.6 Å². The number of carbonyl (C=O) groups is 1. The summed E-state index contributed by atoms with van der Waals surface area (Å²) in [6.07, 6.45) is 0. The molecule has 2 aromatic rings. The molecule has 0 heterocycles. The minimum absolute atomic E-state index is 0.00332. The van der Waals surface area contributed by atoms with E-state index >= 15 is 0 Å². The lowest BCUT2D eigenvalue weighted by molar-refractivity contribution is 0.101. The number of hydrogen-bond donors (Lipinski definition) is 0. The summed E-state index contributed by atoms with van der Waals surface area (Å²) in [5, 5.41) is 0. The number of ether oxygens (including phenoxy) is 1. The van der Waals surface area contributed by atoms with E-state index in [2.05, 4.69) is 19.2 Å². The lowest BCUT2D eigenvalue weighted by atomic mass is 9.97. The van der Waals surface area contributed by atoms with Gasteiger partial charge in [-0.2, -0.15) is 0 Å². The second kappa shape index (κ2) is 7.10. The van der Waals surface area contributed by atoms with Crippen LogP contribution in [0, 0.1) is 0 Å². The molecule has 23 heavy (non-hydrogen) atoms. The van der Waals surface area contributed by atoms with Gasteiger partial charge in [0.05, 0.1) is 5.56 Å². The van der Waals surface area contributed by atoms with Gasteiger partial charge >= 0.3 is 0 Å². The topological polar surface area (TPSA) is 26.3 Å². The highest BCUT2D eigenvalue weighted by Gasteiger charge is 2.10. The van der Waals surface area contributed by atoms with Crippen molar-refractivity contribution >= 4 is 16.9 Å². The summed E-state index contributed by atoms with van der Waals surface area (Å²) in [5.74, 6) is 0.602. The Morgan fingerprint density at radius 3 is 2.26 bits per heavy atom. The van der Waals surface area contributed by atoms with Crippen LogP contribution in [0.1, 0.15) is 47.8 Å². The Labute approximate surface area is 138 Å². The predicted octanol–water partition coefficient (Wildman–Crippen LogP) is 5.53. The normalized spacial score (nSPS) is 10.2. The molecule has 0 saturated heterocycles. The Kier molecular flexibility index (Phi) is 5.17. The van der Waals surface area contributed by atoms with Crippen molar-refractivity contribution in [1.82, 2.24) is 0 Å². The molecule has 2 rings (SSSR count). The van der Waals surface area contributed by atoms with Crippen molar-refractivity contribution in [3.05, 3.63) is 77.9 Å². The van der Waals surface area contributed by atoms with E-state index in [0.29, 0.717) is 17.9 Å². The van der Waals surface area contributed by atoms with Crippen LogP contribution in [-0.2, 0) is 6.61 Å². The van der Waals surface area contributed by atoms with Crippen molar-refractivity contribution in [3.8, 4) is 5.75 Å². The van der Waals surface area contributed by atoms with Gasteiger partial charge in [0, 0.05) is 0 Å². The third-order valence-electron chi connectivity index (χ3n) is 3.71.